The van der Waals surface area contributed by atoms with Gasteiger partial charge in [-0.3, -0.25) is 9.20 Å². The van der Waals surface area contributed by atoms with Crippen LogP contribution in [0.15, 0.2) is 18.2 Å². The van der Waals surface area contributed by atoms with E-state index in [1.807, 2.05) is 0 Å². The maximum atomic E-state index is 13.3. The quantitative estimate of drug-likeness (QED) is 0.537. The van der Waals surface area contributed by atoms with E-state index in [1.54, 1.807) is 6.07 Å². The molecule has 14 heavy (non-hydrogen) atoms. The summed E-state index contributed by atoms with van der Waals surface area (Å²) in [6.45, 7) is 1.32. The highest BCUT2D eigenvalue weighted by Crippen LogP contribution is 2.19. The molecule has 0 fully saturated rings. The Morgan fingerprint density at radius 2 is 2.29 bits per heavy atom. The highest BCUT2D eigenvalue weighted by atomic mass is 35.5. The number of ketones is 1. The van der Waals surface area contributed by atoms with Gasteiger partial charge in [-0.1, -0.05) is 17.7 Å². The second kappa shape index (κ2) is 3.06. The van der Waals surface area contributed by atoms with Crippen molar-refractivity contribution in [1.82, 2.24) is 9.38 Å². The predicted octanol–water partition coefficient (Wildman–Crippen LogP) is 2.33. The molecule has 5 heteroatoms. The molecule has 0 aliphatic heterocycles. The van der Waals surface area contributed by atoms with E-state index in [1.165, 1.54) is 19.1 Å². The number of imidazole rings is 1. The molecule has 0 saturated heterocycles. The summed E-state index contributed by atoms with van der Waals surface area (Å²) in [6.07, 6.45) is 0. The van der Waals surface area contributed by atoms with Crippen LogP contribution in [0.4, 0.5) is 4.39 Å². The number of pyridine rings is 1. The van der Waals surface area contributed by atoms with Crippen molar-refractivity contribution in [3.8, 4) is 0 Å². The molecule has 0 saturated carbocycles. The number of halogens is 2. The first-order valence-electron chi connectivity index (χ1n) is 3.94. The molecule has 2 aromatic heterocycles. The zero-order valence-electron chi connectivity index (χ0n) is 7.29. The molecule has 0 amide bonds. The third-order valence-electron chi connectivity index (χ3n) is 1.88. The summed E-state index contributed by atoms with van der Waals surface area (Å²) in [5, 5.41) is 0.134. The van der Waals surface area contributed by atoms with Crippen molar-refractivity contribution in [2.75, 3.05) is 0 Å². The Morgan fingerprint density at radius 3 is 2.93 bits per heavy atom. The largest absolute Gasteiger partial charge is 0.291 e. The van der Waals surface area contributed by atoms with E-state index in [2.05, 4.69) is 4.98 Å². The molecular weight excluding hydrogens is 207 g/mol. The number of Topliss-reactive ketones (excluding diaryl/α,β-unsaturated/α-hetero) is 1. The summed E-state index contributed by atoms with van der Waals surface area (Å²) in [4.78, 5) is 14.9. The summed E-state index contributed by atoms with van der Waals surface area (Å²) in [7, 11) is 0. The van der Waals surface area contributed by atoms with E-state index in [4.69, 9.17) is 11.6 Å². The van der Waals surface area contributed by atoms with Gasteiger partial charge in [-0.05, 0) is 12.1 Å². The lowest BCUT2D eigenvalue weighted by atomic mass is 10.4. The van der Waals surface area contributed by atoms with Gasteiger partial charge in [0, 0.05) is 6.92 Å². The van der Waals surface area contributed by atoms with Crippen LogP contribution in [0.5, 0.6) is 0 Å². The normalized spacial score (nSPS) is 10.8. The summed E-state index contributed by atoms with van der Waals surface area (Å²) in [5.74, 6) is -0.854. The summed E-state index contributed by atoms with van der Waals surface area (Å²) in [6, 6.07) is 4.37. The number of hydrogen-bond acceptors (Lipinski definition) is 2. The molecule has 0 aliphatic rings. The van der Waals surface area contributed by atoms with Gasteiger partial charge >= 0.3 is 0 Å². The summed E-state index contributed by atoms with van der Waals surface area (Å²) < 4.78 is 14.4. The van der Waals surface area contributed by atoms with Crippen LogP contribution in [0.1, 0.15) is 17.5 Å². The molecule has 0 atom stereocenters. The summed E-state index contributed by atoms with van der Waals surface area (Å²) >= 11 is 5.74. The lowest BCUT2D eigenvalue weighted by molar-refractivity contribution is 0.100. The van der Waals surface area contributed by atoms with Crippen molar-refractivity contribution in [2.24, 2.45) is 0 Å². The number of carbonyl (C=O) groups excluding carboxylic acids is 1. The van der Waals surface area contributed by atoms with Crippen LogP contribution in [0.3, 0.4) is 0 Å². The Labute approximate surface area is 84.1 Å². The first-order chi connectivity index (χ1) is 6.61. The lowest BCUT2D eigenvalue weighted by Gasteiger charge is -1.97. The average molecular weight is 213 g/mol. The van der Waals surface area contributed by atoms with Gasteiger partial charge in [0.15, 0.2) is 22.7 Å². The SMILES string of the molecule is CC(=O)c1nc(Cl)c2cccc(F)n12. The maximum Gasteiger partial charge on any atom is 0.200 e. The van der Waals surface area contributed by atoms with Crippen molar-refractivity contribution in [3.05, 3.63) is 35.1 Å². The molecule has 0 spiro atoms. The third-order valence-corrected chi connectivity index (χ3v) is 2.16. The van der Waals surface area contributed by atoms with Gasteiger partial charge < -0.3 is 0 Å². The molecular formula is C9H6ClFN2O. The van der Waals surface area contributed by atoms with Crippen molar-refractivity contribution >= 4 is 22.9 Å². The van der Waals surface area contributed by atoms with Crippen LogP contribution in [0.25, 0.3) is 5.52 Å². The molecule has 72 valence electrons. The smallest absolute Gasteiger partial charge is 0.200 e. The molecule has 3 nitrogen and oxygen atoms in total. The predicted molar refractivity (Wildman–Crippen MR) is 50.2 cm³/mol. The van der Waals surface area contributed by atoms with E-state index in [0.29, 0.717) is 5.52 Å². The Bertz CT molecular complexity index is 521. The molecule has 0 unspecified atom stereocenters. The van der Waals surface area contributed by atoms with Crippen LogP contribution < -0.4 is 0 Å². The van der Waals surface area contributed by atoms with E-state index >= 15 is 0 Å². The van der Waals surface area contributed by atoms with Crippen molar-refractivity contribution in [1.29, 1.82) is 0 Å². The molecule has 0 bridgehead atoms. The average Bonchev–Trinajstić information content (AvgIpc) is 2.46. The second-order valence-corrected chi connectivity index (χ2v) is 3.21. The molecule has 0 aliphatic carbocycles. The molecule has 0 aromatic carbocycles. The standard InChI is InChI=1S/C9H6ClFN2O/c1-5(14)9-12-8(10)6-3-2-4-7(11)13(6)9/h2-4H,1H3. The number of hydrogen-bond donors (Lipinski definition) is 0. The third kappa shape index (κ3) is 1.19. The van der Waals surface area contributed by atoms with Crippen LogP contribution in [0, 0.1) is 5.95 Å². The van der Waals surface area contributed by atoms with E-state index in [-0.39, 0.29) is 16.8 Å². The zero-order chi connectivity index (χ0) is 10.3. The fraction of sp³-hybridized carbons (Fsp3) is 0.111. The van der Waals surface area contributed by atoms with Crippen LogP contribution in [-0.2, 0) is 0 Å². The van der Waals surface area contributed by atoms with Crippen molar-refractivity contribution < 1.29 is 9.18 Å². The topological polar surface area (TPSA) is 34.4 Å². The maximum absolute atomic E-state index is 13.3. The molecule has 2 heterocycles. The Balaban J connectivity index is 2.93. The number of rotatable bonds is 1. The van der Waals surface area contributed by atoms with Gasteiger partial charge in [0.05, 0.1) is 5.52 Å². The number of nitrogens with zero attached hydrogens (tertiary/aromatic N) is 2. The molecule has 2 rings (SSSR count). The van der Waals surface area contributed by atoms with Crippen LogP contribution >= 0.6 is 11.6 Å². The van der Waals surface area contributed by atoms with E-state index in [9.17, 15) is 9.18 Å². The van der Waals surface area contributed by atoms with Gasteiger partial charge in [0.2, 0.25) is 0 Å². The minimum Gasteiger partial charge on any atom is -0.291 e. The molecule has 2 aromatic rings. The Morgan fingerprint density at radius 1 is 1.57 bits per heavy atom. The fourth-order valence-corrected chi connectivity index (χ4v) is 1.52. The number of fused-ring (bicyclic) bond motifs is 1. The van der Waals surface area contributed by atoms with Crippen molar-refractivity contribution in [3.63, 3.8) is 0 Å². The van der Waals surface area contributed by atoms with Gasteiger partial charge in [0.25, 0.3) is 0 Å². The minimum atomic E-state index is -0.549. The van der Waals surface area contributed by atoms with Gasteiger partial charge in [-0.2, -0.15) is 4.39 Å². The molecule has 0 radical (unpaired) electrons. The van der Waals surface area contributed by atoms with Crippen LogP contribution in [-0.4, -0.2) is 15.2 Å². The number of aromatic nitrogens is 2. The summed E-state index contributed by atoms with van der Waals surface area (Å²) in [5.41, 5.74) is 0.400. The van der Waals surface area contributed by atoms with Crippen molar-refractivity contribution in [2.45, 2.75) is 6.92 Å². The fourth-order valence-electron chi connectivity index (χ4n) is 1.30. The lowest BCUT2D eigenvalue weighted by Crippen LogP contribution is -2.03. The van der Waals surface area contributed by atoms with E-state index in [0.717, 1.165) is 4.40 Å². The first-order valence-corrected chi connectivity index (χ1v) is 4.32. The minimum absolute atomic E-state index is 0.0168. The van der Waals surface area contributed by atoms with Gasteiger partial charge in [-0.15, -0.1) is 0 Å². The number of carbonyl (C=O) groups is 1. The second-order valence-electron chi connectivity index (χ2n) is 2.85. The van der Waals surface area contributed by atoms with Gasteiger partial charge in [-0.25, -0.2) is 4.98 Å². The highest BCUT2D eigenvalue weighted by Gasteiger charge is 2.15. The Hall–Kier alpha value is -1.42. The van der Waals surface area contributed by atoms with Gasteiger partial charge in [0.1, 0.15) is 0 Å². The monoisotopic (exact) mass is 212 g/mol. The Kier molecular flexibility index (Phi) is 2.00. The first kappa shape index (κ1) is 9.15. The zero-order valence-corrected chi connectivity index (χ0v) is 8.05. The van der Waals surface area contributed by atoms with Crippen LogP contribution in [0.2, 0.25) is 5.15 Å². The highest BCUT2D eigenvalue weighted by molar-refractivity contribution is 6.33. The van der Waals surface area contributed by atoms with E-state index < -0.39 is 5.95 Å². The molecule has 0 N–H and O–H groups in total.